The molecule has 76 valence electrons. The zero-order valence-electron chi connectivity index (χ0n) is 8.10. The van der Waals surface area contributed by atoms with Gasteiger partial charge in [0.25, 0.3) is 0 Å². The third-order valence-corrected chi connectivity index (χ3v) is 2.15. The number of amides is 1. The number of aromatic hydroxyl groups is 1. The van der Waals surface area contributed by atoms with Crippen molar-refractivity contribution in [3.05, 3.63) is 23.3 Å². The average molecular weight is 214 g/mol. The second kappa shape index (κ2) is 4.33. The van der Waals surface area contributed by atoms with Gasteiger partial charge in [-0.2, -0.15) is 0 Å². The van der Waals surface area contributed by atoms with Gasteiger partial charge in [-0.3, -0.25) is 4.79 Å². The molecular formula is C10H12ClNO2. The van der Waals surface area contributed by atoms with Crippen LogP contribution in [0.5, 0.6) is 5.75 Å². The molecule has 0 unspecified atom stereocenters. The van der Waals surface area contributed by atoms with Gasteiger partial charge in [-0.25, -0.2) is 0 Å². The van der Waals surface area contributed by atoms with Crippen LogP contribution in [0, 0.1) is 13.8 Å². The maximum Gasteiger partial charge on any atom is 0.239 e. The molecule has 0 aliphatic carbocycles. The largest absolute Gasteiger partial charge is 0.508 e. The Morgan fingerprint density at radius 2 is 1.93 bits per heavy atom. The van der Waals surface area contributed by atoms with Crippen molar-refractivity contribution >= 4 is 23.2 Å². The first-order chi connectivity index (χ1) is 6.54. The molecule has 0 aliphatic rings. The number of halogens is 1. The molecule has 0 fully saturated rings. The highest BCUT2D eigenvalue weighted by Gasteiger charge is 2.07. The SMILES string of the molecule is Cc1cc(O)cc(C)c1NC(=O)CCl. The molecule has 3 nitrogen and oxygen atoms in total. The van der Waals surface area contributed by atoms with Crippen LogP contribution in [0.1, 0.15) is 11.1 Å². The number of rotatable bonds is 2. The molecule has 4 heteroatoms. The van der Waals surface area contributed by atoms with Gasteiger partial charge in [0.2, 0.25) is 5.91 Å². The second-order valence-electron chi connectivity index (χ2n) is 3.14. The lowest BCUT2D eigenvalue weighted by molar-refractivity contribution is -0.113. The fourth-order valence-electron chi connectivity index (χ4n) is 1.31. The van der Waals surface area contributed by atoms with E-state index in [0.717, 1.165) is 11.1 Å². The minimum Gasteiger partial charge on any atom is -0.508 e. The molecule has 0 aromatic heterocycles. The first-order valence-corrected chi connectivity index (χ1v) is 4.74. The number of carbonyl (C=O) groups is 1. The highest BCUT2D eigenvalue weighted by Crippen LogP contribution is 2.25. The van der Waals surface area contributed by atoms with Crippen LogP contribution in [-0.4, -0.2) is 16.9 Å². The Morgan fingerprint density at radius 3 is 2.36 bits per heavy atom. The maximum absolute atomic E-state index is 11.1. The van der Waals surface area contributed by atoms with Gasteiger partial charge in [-0.1, -0.05) is 0 Å². The summed E-state index contributed by atoms with van der Waals surface area (Å²) in [6.45, 7) is 3.63. The highest BCUT2D eigenvalue weighted by atomic mass is 35.5. The van der Waals surface area contributed by atoms with Crippen molar-refractivity contribution < 1.29 is 9.90 Å². The van der Waals surface area contributed by atoms with Crippen molar-refractivity contribution in [3.8, 4) is 5.75 Å². The third kappa shape index (κ3) is 2.39. The minimum atomic E-state index is -0.247. The molecule has 1 rings (SSSR count). The Morgan fingerprint density at radius 1 is 1.43 bits per heavy atom. The topological polar surface area (TPSA) is 49.3 Å². The summed E-state index contributed by atoms with van der Waals surface area (Å²) in [4.78, 5) is 11.1. The van der Waals surface area contributed by atoms with E-state index in [1.165, 1.54) is 0 Å². The van der Waals surface area contributed by atoms with E-state index in [1.807, 2.05) is 13.8 Å². The summed E-state index contributed by atoms with van der Waals surface area (Å²) in [5, 5.41) is 11.9. The number of phenolic OH excluding ortho intramolecular Hbond substituents is 1. The van der Waals surface area contributed by atoms with Gasteiger partial charge in [0, 0.05) is 5.69 Å². The lowest BCUT2D eigenvalue weighted by atomic mass is 10.1. The number of hydrogen-bond acceptors (Lipinski definition) is 2. The van der Waals surface area contributed by atoms with Crippen molar-refractivity contribution in [2.45, 2.75) is 13.8 Å². The quantitative estimate of drug-likeness (QED) is 0.585. The fourth-order valence-corrected chi connectivity index (χ4v) is 1.38. The maximum atomic E-state index is 11.1. The van der Waals surface area contributed by atoms with E-state index in [2.05, 4.69) is 5.32 Å². The van der Waals surface area contributed by atoms with Crippen molar-refractivity contribution in [1.82, 2.24) is 0 Å². The van der Waals surface area contributed by atoms with Gasteiger partial charge < -0.3 is 10.4 Å². The van der Waals surface area contributed by atoms with Gasteiger partial charge in [0.1, 0.15) is 11.6 Å². The van der Waals surface area contributed by atoms with Crippen LogP contribution in [-0.2, 0) is 4.79 Å². The number of hydrogen-bond donors (Lipinski definition) is 2. The van der Waals surface area contributed by atoms with E-state index in [1.54, 1.807) is 12.1 Å². The Bertz CT molecular complexity index is 340. The molecule has 0 bridgehead atoms. The summed E-state index contributed by atoms with van der Waals surface area (Å²) < 4.78 is 0. The number of alkyl halides is 1. The Hall–Kier alpha value is -1.22. The standard InChI is InChI=1S/C10H12ClNO2/c1-6-3-8(13)4-7(2)10(6)12-9(14)5-11/h3-4,13H,5H2,1-2H3,(H,12,14). The second-order valence-corrected chi connectivity index (χ2v) is 3.40. The summed E-state index contributed by atoms with van der Waals surface area (Å²) in [5.41, 5.74) is 2.36. The molecule has 0 saturated carbocycles. The number of anilines is 1. The molecule has 0 aliphatic heterocycles. The van der Waals surface area contributed by atoms with Crippen LogP contribution in [0.3, 0.4) is 0 Å². The Kier molecular flexibility index (Phi) is 3.36. The molecule has 0 atom stereocenters. The molecule has 2 N–H and O–H groups in total. The molecule has 0 spiro atoms. The van der Waals surface area contributed by atoms with Gasteiger partial charge in [0.05, 0.1) is 0 Å². The summed E-state index contributed by atoms with van der Waals surface area (Å²) in [6.07, 6.45) is 0. The highest BCUT2D eigenvalue weighted by molar-refractivity contribution is 6.29. The molecule has 0 heterocycles. The average Bonchev–Trinajstić information content (AvgIpc) is 2.10. The zero-order valence-corrected chi connectivity index (χ0v) is 8.85. The fraction of sp³-hybridized carbons (Fsp3) is 0.300. The number of aryl methyl sites for hydroxylation is 2. The van der Waals surface area contributed by atoms with Gasteiger partial charge in [0.15, 0.2) is 0 Å². The van der Waals surface area contributed by atoms with Crippen molar-refractivity contribution in [3.63, 3.8) is 0 Å². The van der Waals surface area contributed by atoms with Crippen LogP contribution in [0.25, 0.3) is 0 Å². The van der Waals surface area contributed by atoms with Gasteiger partial charge in [-0.05, 0) is 37.1 Å². The zero-order chi connectivity index (χ0) is 10.7. The minimum absolute atomic E-state index is 0.0697. The van der Waals surface area contributed by atoms with Crippen molar-refractivity contribution in [2.75, 3.05) is 11.2 Å². The predicted molar refractivity (Wildman–Crippen MR) is 56.9 cm³/mol. The smallest absolute Gasteiger partial charge is 0.239 e. The first-order valence-electron chi connectivity index (χ1n) is 4.20. The Balaban J connectivity index is 3.02. The van der Waals surface area contributed by atoms with Crippen LogP contribution >= 0.6 is 11.6 Å². The van der Waals surface area contributed by atoms with E-state index >= 15 is 0 Å². The number of nitrogens with one attached hydrogen (secondary N) is 1. The normalized spacial score (nSPS) is 9.93. The van der Waals surface area contributed by atoms with Gasteiger partial charge >= 0.3 is 0 Å². The molecular weight excluding hydrogens is 202 g/mol. The summed E-state index contributed by atoms with van der Waals surface area (Å²) in [7, 11) is 0. The molecule has 0 saturated heterocycles. The van der Waals surface area contributed by atoms with Crippen molar-refractivity contribution in [2.24, 2.45) is 0 Å². The molecule has 1 aromatic rings. The van der Waals surface area contributed by atoms with E-state index in [0.29, 0.717) is 5.69 Å². The Labute approximate surface area is 87.7 Å². The van der Waals surface area contributed by atoms with E-state index in [-0.39, 0.29) is 17.5 Å². The molecule has 1 amide bonds. The predicted octanol–water partition coefficient (Wildman–Crippen LogP) is 2.19. The lowest BCUT2D eigenvalue weighted by Gasteiger charge is -2.10. The van der Waals surface area contributed by atoms with Crippen LogP contribution in [0.4, 0.5) is 5.69 Å². The van der Waals surface area contributed by atoms with Crippen LogP contribution in [0.2, 0.25) is 0 Å². The van der Waals surface area contributed by atoms with E-state index in [9.17, 15) is 9.90 Å². The third-order valence-electron chi connectivity index (χ3n) is 1.90. The van der Waals surface area contributed by atoms with Crippen LogP contribution < -0.4 is 5.32 Å². The lowest BCUT2D eigenvalue weighted by Crippen LogP contribution is -2.14. The molecule has 1 aromatic carbocycles. The number of carbonyl (C=O) groups excluding carboxylic acids is 1. The number of phenols is 1. The van der Waals surface area contributed by atoms with Crippen molar-refractivity contribution in [1.29, 1.82) is 0 Å². The number of benzene rings is 1. The summed E-state index contributed by atoms with van der Waals surface area (Å²) >= 11 is 5.38. The summed E-state index contributed by atoms with van der Waals surface area (Å²) in [6, 6.07) is 3.19. The summed E-state index contributed by atoms with van der Waals surface area (Å²) in [5.74, 6) is -0.118. The monoisotopic (exact) mass is 213 g/mol. The van der Waals surface area contributed by atoms with E-state index < -0.39 is 0 Å². The molecule has 0 radical (unpaired) electrons. The first kappa shape index (κ1) is 10.9. The van der Waals surface area contributed by atoms with Gasteiger partial charge in [-0.15, -0.1) is 11.6 Å². The van der Waals surface area contributed by atoms with Crippen LogP contribution in [0.15, 0.2) is 12.1 Å². The van der Waals surface area contributed by atoms with E-state index in [4.69, 9.17) is 11.6 Å². The molecule has 14 heavy (non-hydrogen) atoms.